The summed E-state index contributed by atoms with van der Waals surface area (Å²) in [6, 6.07) is 15.6. The van der Waals surface area contributed by atoms with Crippen LogP contribution in [-0.2, 0) is 10.0 Å². The first kappa shape index (κ1) is 18.9. The first-order valence-electron chi connectivity index (χ1n) is 7.46. The van der Waals surface area contributed by atoms with Crippen molar-refractivity contribution in [3.8, 4) is 16.5 Å². The number of carbonyl (C=O) groups is 1. The Kier molecular flexibility index (Phi) is 5.19. The molecule has 1 aromatic heterocycles. The van der Waals surface area contributed by atoms with Gasteiger partial charge in [-0.3, -0.25) is 4.72 Å². The van der Waals surface area contributed by atoms with Gasteiger partial charge in [0.15, 0.2) is 0 Å². The number of thiophene rings is 1. The van der Waals surface area contributed by atoms with Crippen LogP contribution in [0.3, 0.4) is 0 Å². The standard InChI is InChI=1S/C18H11ClN2O4S2/c19-13-5-7-14(8-6-13)27(24,25)21-15-9-16(26-17(15)18(22)23)12-3-1-11(10-20)2-4-12/h1-9,21H,(H,22,23). The summed E-state index contributed by atoms with van der Waals surface area (Å²) in [6.07, 6.45) is 0. The number of rotatable bonds is 5. The maximum Gasteiger partial charge on any atom is 0.348 e. The number of anilines is 1. The maximum atomic E-state index is 12.5. The average molecular weight is 419 g/mol. The Morgan fingerprint density at radius 3 is 2.30 bits per heavy atom. The molecule has 27 heavy (non-hydrogen) atoms. The minimum atomic E-state index is -3.97. The first-order chi connectivity index (χ1) is 12.8. The average Bonchev–Trinajstić information content (AvgIpc) is 3.05. The lowest BCUT2D eigenvalue weighted by atomic mass is 10.1. The first-order valence-corrected chi connectivity index (χ1v) is 10.1. The normalized spacial score (nSPS) is 11.0. The van der Waals surface area contributed by atoms with Crippen LogP contribution in [0.2, 0.25) is 5.02 Å². The highest BCUT2D eigenvalue weighted by atomic mass is 35.5. The van der Waals surface area contributed by atoms with Crippen LogP contribution in [0.1, 0.15) is 15.2 Å². The van der Waals surface area contributed by atoms with Crippen LogP contribution < -0.4 is 4.72 Å². The van der Waals surface area contributed by atoms with Gasteiger partial charge in [-0.2, -0.15) is 5.26 Å². The number of hydrogen-bond acceptors (Lipinski definition) is 5. The van der Waals surface area contributed by atoms with Gasteiger partial charge in [0.1, 0.15) is 4.88 Å². The van der Waals surface area contributed by atoms with Crippen molar-refractivity contribution >= 4 is 44.6 Å². The largest absolute Gasteiger partial charge is 0.477 e. The van der Waals surface area contributed by atoms with E-state index in [0.717, 1.165) is 11.3 Å². The molecule has 136 valence electrons. The van der Waals surface area contributed by atoms with Gasteiger partial charge in [-0.15, -0.1) is 11.3 Å². The number of halogens is 1. The third kappa shape index (κ3) is 4.11. The summed E-state index contributed by atoms with van der Waals surface area (Å²) in [5.41, 5.74) is 1.12. The molecular weight excluding hydrogens is 408 g/mol. The quantitative estimate of drug-likeness (QED) is 0.636. The van der Waals surface area contributed by atoms with Crippen molar-refractivity contribution in [2.24, 2.45) is 0 Å². The van der Waals surface area contributed by atoms with Crippen LogP contribution in [0.25, 0.3) is 10.4 Å². The van der Waals surface area contributed by atoms with E-state index in [1.165, 1.54) is 30.3 Å². The van der Waals surface area contributed by atoms with Crippen LogP contribution in [0.5, 0.6) is 0 Å². The van der Waals surface area contributed by atoms with Crippen molar-refractivity contribution in [1.29, 1.82) is 5.26 Å². The molecular formula is C18H11ClN2O4S2. The third-order valence-corrected chi connectivity index (χ3v) is 6.40. The van der Waals surface area contributed by atoms with Gasteiger partial charge in [0, 0.05) is 9.90 Å². The summed E-state index contributed by atoms with van der Waals surface area (Å²) >= 11 is 6.71. The second-order valence-electron chi connectivity index (χ2n) is 5.41. The van der Waals surface area contributed by atoms with E-state index in [1.807, 2.05) is 6.07 Å². The Balaban J connectivity index is 1.99. The molecule has 2 N–H and O–H groups in total. The molecule has 2 aromatic carbocycles. The fourth-order valence-electron chi connectivity index (χ4n) is 2.29. The monoisotopic (exact) mass is 418 g/mol. The molecule has 0 saturated heterocycles. The van der Waals surface area contributed by atoms with E-state index >= 15 is 0 Å². The van der Waals surface area contributed by atoms with Crippen LogP contribution in [-0.4, -0.2) is 19.5 Å². The minimum Gasteiger partial charge on any atom is -0.477 e. The lowest BCUT2D eigenvalue weighted by molar-refractivity contribution is 0.0703. The second-order valence-corrected chi connectivity index (χ2v) is 8.58. The number of carboxylic acid groups (broad SMARTS) is 1. The van der Waals surface area contributed by atoms with Crippen molar-refractivity contribution in [3.63, 3.8) is 0 Å². The highest BCUT2D eigenvalue weighted by Crippen LogP contribution is 2.36. The SMILES string of the molecule is N#Cc1ccc(-c2cc(NS(=O)(=O)c3ccc(Cl)cc3)c(C(=O)O)s2)cc1. The van der Waals surface area contributed by atoms with Gasteiger partial charge in [-0.05, 0) is 48.0 Å². The van der Waals surface area contributed by atoms with Gasteiger partial charge in [-0.25, -0.2) is 13.2 Å². The third-order valence-electron chi connectivity index (χ3n) is 3.59. The molecule has 0 amide bonds. The van der Waals surface area contributed by atoms with E-state index in [2.05, 4.69) is 4.72 Å². The zero-order valence-corrected chi connectivity index (χ0v) is 15.9. The summed E-state index contributed by atoms with van der Waals surface area (Å²) in [4.78, 5) is 11.9. The lowest BCUT2D eigenvalue weighted by Gasteiger charge is -2.07. The zero-order chi connectivity index (χ0) is 19.6. The Morgan fingerprint density at radius 2 is 1.74 bits per heavy atom. The van der Waals surface area contributed by atoms with Crippen LogP contribution in [0.15, 0.2) is 59.5 Å². The molecule has 0 aliphatic carbocycles. The summed E-state index contributed by atoms with van der Waals surface area (Å²) in [6.45, 7) is 0. The molecule has 0 aliphatic heterocycles. The highest BCUT2D eigenvalue weighted by molar-refractivity contribution is 7.92. The highest BCUT2D eigenvalue weighted by Gasteiger charge is 2.22. The van der Waals surface area contributed by atoms with Crippen molar-refractivity contribution < 1.29 is 18.3 Å². The topological polar surface area (TPSA) is 107 Å². The lowest BCUT2D eigenvalue weighted by Crippen LogP contribution is -2.14. The fraction of sp³-hybridized carbons (Fsp3) is 0. The fourth-order valence-corrected chi connectivity index (χ4v) is 4.51. The van der Waals surface area contributed by atoms with Gasteiger partial charge >= 0.3 is 5.97 Å². The summed E-state index contributed by atoms with van der Waals surface area (Å²) in [5.74, 6) is -1.24. The minimum absolute atomic E-state index is 0.0261. The second kappa shape index (κ2) is 7.40. The molecule has 0 spiro atoms. The molecule has 0 fully saturated rings. The number of benzene rings is 2. The summed E-state index contributed by atoms with van der Waals surface area (Å²) < 4.78 is 27.4. The van der Waals surface area contributed by atoms with Gasteiger partial charge < -0.3 is 5.11 Å². The maximum absolute atomic E-state index is 12.5. The molecule has 3 rings (SSSR count). The van der Waals surface area contributed by atoms with Crippen molar-refractivity contribution in [3.05, 3.63) is 70.1 Å². The van der Waals surface area contributed by atoms with Crippen LogP contribution in [0.4, 0.5) is 5.69 Å². The van der Waals surface area contributed by atoms with Crippen LogP contribution >= 0.6 is 22.9 Å². The summed E-state index contributed by atoms with van der Waals surface area (Å²) in [5, 5.41) is 18.7. The molecule has 3 aromatic rings. The molecule has 9 heteroatoms. The summed E-state index contributed by atoms with van der Waals surface area (Å²) in [7, 11) is -3.97. The van der Waals surface area contributed by atoms with Gasteiger partial charge in [0.25, 0.3) is 10.0 Å². The Morgan fingerprint density at radius 1 is 1.11 bits per heavy atom. The van der Waals surface area contributed by atoms with E-state index in [9.17, 15) is 18.3 Å². The van der Waals surface area contributed by atoms with Crippen molar-refractivity contribution in [2.45, 2.75) is 4.90 Å². The Bertz CT molecular complexity index is 1150. The smallest absolute Gasteiger partial charge is 0.348 e. The number of aromatic carboxylic acids is 1. The van der Waals surface area contributed by atoms with Crippen molar-refractivity contribution in [2.75, 3.05) is 4.72 Å². The number of nitriles is 1. The zero-order valence-electron chi connectivity index (χ0n) is 13.5. The van der Waals surface area contributed by atoms with E-state index in [4.69, 9.17) is 16.9 Å². The van der Waals surface area contributed by atoms with Crippen molar-refractivity contribution in [1.82, 2.24) is 0 Å². The van der Waals surface area contributed by atoms with Crippen LogP contribution in [0, 0.1) is 11.3 Å². The molecule has 0 bridgehead atoms. The van der Waals surface area contributed by atoms with Gasteiger partial charge in [0.2, 0.25) is 0 Å². The number of nitrogens with one attached hydrogen (secondary N) is 1. The number of nitrogens with zero attached hydrogens (tertiary/aromatic N) is 1. The molecule has 1 heterocycles. The van der Waals surface area contributed by atoms with E-state index in [-0.39, 0.29) is 15.5 Å². The molecule has 0 unspecified atom stereocenters. The van der Waals surface area contributed by atoms with E-state index < -0.39 is 16.0 Å². The number of sulfonamides is 1. The molecule has 0 saturated carbocycles. The Labute approximate surface area is 164 Å². The molecule has 6 nitrogen and oxygen atoms in total. The van der Waals surface area contributed by atoms with Gasteiger partial charge in [0.05, 0.1) is 22.2 Å². The predicted molar refractivity (Wildman–Crippen MR) is 104 cm³/mol. The van der Waals surface area contributed by atoms with E-state index in [1.54, 1.807) is 24.3 Å². The number of carboxylic acids is 1. The Hall–Kier alpha value is -2.86. The van der Waals surface area contributed by atoms with Gasteiger partial charge in [-0.1, -0.05) is 23.7 Å². The number of hydrogen-bond donors (Lipinski definition) is 2. The van der Waals surface area contributed by atoms with E-state index in [0.29, 0.717) is 21.0 Å². The predicted octanol–water partition coefficient (Wildman–Crippen LogP) is 4.44. The molecule has 0 aliphatic rings. The molecule has 0 radical (unpaired) electrons. The molecule has 0 atom stereocenters.